The molecule has 2 rings (SSSR count). The van der Waals surface area contributed by atoms with Crippen molar-refractivity contribution in [3.8, 4) is 0 Å². The van der Waals surface area contributed by atoms with Crippen LogP contribution in [0.15, 0.2) is 11.6 Å². The van der Waals surface area contributed by atoms with Crippen molar-refractivity contribution in [1.82, 2.24) is 9.88 Å². The number of aromatic nitrogens is 1. The quantitative estimate of drug-likeness (QED) is 0.865. The van der Waals surface area contributed by atoms with Crippen LogP contribution in [0.1, 0.15) is 24.4 Å². The van der Waals surface area contributed by atoms with Crippen molar-refractivity contribution in [2.45, 2.75) is 25.4 Å². The maximum Gasteiger partial charge on any atom is 0.317 e. The minimum absolute atomic E-state index is 0.0377. The molecule has 0 radical (unpaired) electrons. The summed E-state index contributed by atoms with van der Waals surface area (Å²) in [4.78, 5) is 16.9. The molecule has 0 saturated carbocycles. The lowest BCUT2D eigenvalue weighted by molar-refractivity contribution is -0.139. The average Bonchev–Trinajstić information content (AvgIpc) is 2.94. The molecule has 0 aliphatic carbocycles. The number of hydrogen-bond acceptors (Lipinski definition) is 6. The van der Waals surface area contributed by atoms with Crippen molar-refractivity contribution in [1.29, 1.82) is 0 Å². The van der Waals surface area contributed by atoms with Gasteiger partial charge in [-0.25, -0.2) is 13.4 Å². The van der Waals surface area contributed by atoms with Crippen LogP contribution in [0.3, 0.4) is 0 Å². The lowest BCUT2D eigenvalue weighted by atomic mass is 10.1. The fraction of sp³-hybridized carbons (Fsp3) is 0.636. The largest absolute Gasteiger partial charge is 0.480 e. The zero-order valence-corrected chi connectivity index (χ0v) is 12.2. The topological polar surface area (TPSA) is 87.6 Å². The maximum absolute atomic E-state index is 11.6. The molecular formula is C11H16N2O4S2. The molecule has 1 aliphatic rings. The second-order valence-electron chi connectivity index (χ2n) is 4.67. The third-order valence-electron chi connectivity index (χ3n) is 3.30. The van der Waals surface area contributed by atoms with Crippen LogP contribution in [-0.4, -0.2) is 53.5 Å². The molecule has 1 N–H and O–H groups in total. The molecule has 2 atom stereocenters. The van der Waals surface area contributed by atoms with Crippen molar-refractivity contribution in [2.75, 3.05) is 18.1 Å². The van der Waals surface area contributed by atoms with Gasteiger partial charge in [-0.3, -0.25) is 9.69 Å². The van der Waals surface area contributed by atoms with Gasteiger partial charge in [-0.15, -0.1) is 11.3 Å². The third kappa shape index (κ3) is 3.52. The fourth-order valence-electron chi connectivity index (χ4n) is 2.36. The molecule has 0 spiro atoms. The van der Waals surface area contributed by atoms with Crippen molar-refractivity contribution >= 4 is 27.1 Å². The molecule has 0 aromatic carbocycles. The number of carboxylic acid groups (broad SMARTS) is 1. The molecule has 1 aliphatic heterocycles. The van der Waals surface area contributed by atoms with Gasteiger partial charge < -0.3 is 5.11 Å². The monoisotopic (exact) mass is 304 g/mol. The highest BCUT2D eigenvalue weighted by Crippen LogP contribution is 2.28. The first-order chi connectivity index (χ1) is 8.89. The van der Waals surface area contributed by atoms with E-state index in [2.05, 4.69) is 4.98 Å². The highest BCUT2D eigenvalue weighted by atomic mass is 32.2. The van der Waals surface area contributed by atoms with Crippen molar-refractivity contribution in [3.05, 3.63) is 16.6 Å². The molecule has 1 aromatic rings. The number of nitrogens with zero attached hydrogens (tertiary/aromatic N) is 2. The molecule has 2 unspecified atom stereocenters. The molecule has 1 saturated heterocycles. The molecule has 19 heavy (non-hydrogen) atoms. The number of hydrogen-bond donors (Lipinski definition) is 1. The highest BCUT2D eigenvalue weighted by molar-refractivity contribution is 7.91. The van der Waals surface area contributed by atoms with Gasteiger partial charge in [-0.05, 0) is 13.3 Å². The predicted octanol–water partition coefficient (Wildman–Crippen LogP) is 0.778. The first kappa shape index (κ1) is 14.4. The summed E-state index contributed by atoms with van der Waals surface area (Å²) in [6.07, 6.45) is 2.16. The Hall–Kier alpha value is -0.990. The minimum Gasteiger partial charge on any atom is -0.480 e. The number of carboxylic acids is 1. The van der Waals surface area contributed by atoms with Crippen LogP contribution in [0.5, 0.6) is 0 Å². The molecule has 8 heteroatoms. The van der Waals surface area contributed by atoms with Crippen molar-refractivity contribution < 1.29 is 18.3 Å². The zero-order chi connectivity index (χ0) is 14.0. The van der Waals surface area contributed by atoms with E-state index < -0.39 is 15.8 Å². The van der Waals surface area contributed by atoms with Crippen LogP contribution in [0.25, 0.3) is 0 Å². The molecule has 106 valence electrons. The smallest absolute Gasteiger partial charge is 0.317 e. The van der Waals surface area contributed by atoms with E-state index in [1.165, 1.54) is 11.3 Å². The summed E-state index contributed by atoms with van der Waals surface area (Å²) < 4.78 is 23.1. The molecule has 2 heterocycles. The van der Waals surface area contributed by atoms with Gasteiger partial charge in [0.15, 0.2) is 9.84 Å². The first-order valence-electron chi connectivity index (χ1n) is 5.96. The average molecular weight is 304 g/mol. The van der Waals surface area contributed by atoms with E-state index in [1.54, 1.807) is 11.1 Å². The van der Waals surface area contributed by atoms with Crippen molar-refractivity contribution in [2.24, 2.45) is 0 Å². The van der Waals surface area contributed by atoms with E-state index in [-0.39, 0.29) is 30.1 Å². The molecule has 6 nitrogen and oxygen atoms in total. The van der Waals surface area contributed by atoms with Gasteiger partial charge in [0.2, 0.25) is 0 Å². The van der Waals surface area contributed by atoms with Gasteiger partial charge >= 0.3 is 5.97 Å². The molecule has 0 bridgehead atoms. The lowest BCUT2D eigenvalue weighted by Gasteiger charge is -2.31. The van der Waals surface area contributed by atoms with E-state index in [4.69, 9.17) is 5.11 Å². The Kier molecular flexibility index (Phi) is 4.22. The van der Waals surface area contributed by atoms with Crippen LogP contribution in [-0.2, 0) is 14.6 Å². The zero-order valence-electron chi connectivity index (χ0n) is 10.5. The van der Waals surface area contributed by atoms with Gasteiger partial charge in [0.05, 0.1) is 24.1 Å². The lowest BCUT2D eigenvalue weighted by Crippen LogP contribution is -2.41. The molecule has 1 fully saturated rings. The van der Waals surface area contributed by atoms with E-state index in [0.29, 0.717) is 6.42 Å². The predicted molar refractivity (Wildman–Crippen MR) is 71.9 cm³/mol. The standard InChI is InChI=1S/C11H16N2O4S2/c1-8(11-12-3-4-18-11)13(6-10(14)15)9-2-5-19(16,17)7-9/h3-4,8-9H,2,5-7H2,1H3,(H,14,15). The van der Waals surface area contributed by atoms with Crippen LogP contribution in [0.4, 0.5) is 0 Å². The number of aliphatic carboxylic acids is 1. The summed E-state index contributed by atoms with van der Waals surface area (Å²) in [7, 11) is -3.03. The van der Waals surface area contributed by atoms with Gasteiger partial charge in [-0.1, -0.05) is 0 Å². The SMILES string of the molecule is CC(c1nccs1)N(CC(=O)O)C1CCS(=O)(=O)C1. The Labute approximate surface area is 116 Å². The summed E-state index contributed by atoms with van der Waals surface area (Å²) in [5.41, 5.74) is 0. The minimum atomic E-state index is -3.03. The summed E-state index contributed by atoms with van der Waals surface area (Å²) >= 11 is 1.45. The second kappa shape index (κ2) is 5.56. The summed E-state index contributed by atoms with van der Waals surface area (Å²) in [5, 5.41) is 11.7. The Bertz CT molecular complexity index is 541. The van der Waals surface area contributed by atoms with Crippen LogP contribution in [0.2, 0.25) is 0 Å². The van der Waals surface area contributed by atoms with E-state index >= 15 is 0 Å². The van der Waals surface area contributed by atoms with Crippen molar-refractivity contribution in [3.63, 3.8) is 0 Å². The molecule has 1 aromatic heterocycles. The number of rotatable bonds is 5. The van der Waals surface area contributed by atoms with Gasteiger partial charge in [0.25, 0.3) is 0 Å². The van der Waals surface area contributed by atoms with Crippen LogP contribution >= 0.6 is 11.3 Å². The number of thiazole rings is 1. The van der Waals surface area contributed by atoms with E-state index in [9.17, 15) is 13.2 Å². The third-order valence-corrected chi connectivity index (χ3v) is 6.00. The van der Waals surface area contributed by atoms with E-state index in [1.807, 2.05) is 12.3 Å². The molecule has 0 amide bonds. The van der Waals surface area contributed by atoms with E-state index in [0.717, 1.165) is 5.01 Å². The summed E-state index contributed by atoms with van der Waals surface area (Å²) in [5.74, 6) is -0.776. The normalized spacial score (nSPS) is 23.6. The Morgan fingerprint density at radius 3 is 2.89 bits per heavy atom. The van der Waals surface area contributed by atoms with Crippen LogP contribution < -0.4 is 0 Å². The number of carbonyl (C=O) groups is 1. The molecular weight excluding hydrogens is 288 g/mol. The second-order valence-corrected chi connectivity index (χ2v) is 7.82. The Balaban J connectivity index is 2.19. The van der Waals surface area contributed by atoms with Crippen LogP contribution in [0, 0.1) is 0 Å². The van der Waals surface area contributed by atoms with Gasteiger partial charge in [0, 0.05) is 17.6 Å². The first-order valence-corrected chi connectivity index (χ1v) is 8.66. The Morgan fingerprint density at radius 2 is 2.42 bits per heavy atom. The number of sulfone groups is 1. The summed E-state index contributed by atoms with van der Waals surface area (Å²) in [6.45, 7) is 1.70. The maximum atomic E-state index is 11.6. The van der Waals surface area contributed by atoms with Gasteiger partial charge in [-0.2, -0.15) is 0 Å². The van der Waals surface area contributed by atoms with Gasteiger partial charge in [0.1, 0.15) is 5.01 Å². The Morgan fingerprint density at radius 1 is 1.68 bits per heavy atom. The highest BCUT2D eigenvalue weighted by Gasteiger charge is 2.36. The summed E-state index contributed by atoms with van der Waals surface area (Å²) in [6, 6.07) is -0.422. The fourth-order valence-corrected chi connectivity index (χ4v) is 4.82.